The number of hydrazone groups is 1. The highest BCUT2D eigenvalue weighted by molar-refractivity contribution is 5.88. The number of nitrogens with zero attached hydrogens (tertiary/aromatic N) is 4. The zero-order chi connectivity index (χ0) is 21.8. The van der Waals surface area contributed by atoms with Gasteiger partial charge in [-0.25, -0.2) is 10.4 Å². The highest BCUT2D eigenvalue weighted by Gasteiger charge is 2.19. The Labute approximate surface area is 170 Å². The highest BCUT2D eigenvalue weighted by atomic mass is 16.6. The number of rotatable bonds is 5. The van der Waals surface area contributed by atoms with Gasteiger partial charge < -0.3 is 5.11 Å². The van der Waals surface area contributed by atoms with Crippen molar-refractivity contribution >= 4 is 17.9 Å². The summed E-state index contributed by atoms with van der Waals surface area (Å²) in [5.74, 6) is -0.177. The molecule has 0 spiro atoms. The lowest BCUT2D eigenvalue weighted by molar-refractivity contribution is -0.385. The van der Waals surface area contributed by atoms with Crippen molar-refractivity contribution in [3.05, 3.63) is 79.1 Å². The average Bonchev–Trinajstić information content (AvgIpc) is 2.73. The van der Waals surface area contributed by atoms with Gasteiger partial charge in [-0.05, 0) is 19.4 Å². The molecule has 0 bridgehead atoms. The van der Waals surface area contributed by atoms with Crippen molar-refractivity contribution in [2.75, 3.05) is 5.43 Å². The molecule has 0 amide bonds. The molecule has 10 nitrogen and oxygen atoms in total. The number of nitro benzene ring substituents is 1. The largest absolute Gasteiger partial charge is 0.507 e. The van der Waals surface area contributed by atoms with Crippen LogP contribution in [0.2, 0.25) is 0 Å². The fourth-order valence-electron chi connectivity index (χ4n) is 2.85. The van der Waals surface area contributed by atoms with Crippen LogP contribution in [0.5, 0.6) is 5.75 Å². The number of nitrogens with one attached hydrogen (secondary N) is 2. The number of benzene rings is 2. The van der Waals surface area contributed by atoms with Crippen molar-refractivity contribution in [2.24, 2.45) is 5.10 Å². The number of nitriles is 1. The van der Waals surface area contributed by atoms with Gasteiger partial charge in [-0.15, -0.1) is 0 Å². The fraction of sp³-hybridized carbons (Fsp3) is 0.100. The molecule has 1 aromatic heterocycles. The van der Waals surface area contributed by atoms with Gasteiger partial charge >= 0.3 is 0 Å². The van der Waals surface area contributed by atoms with E-state index in [1.807, 2.05) is 6.07 Å². The minimum absolute atomic E-state index is 0.0339. The van der Waals surface area contributed by atoms with Crippen molar-refractivity contribution in [1.29, 1.82) is 5.26 Å². The van der Waals surface area contributed by atoms with Gasteiger partial charge in [0.1, 0.15) is 17.4 Å². The molecule has 1 heterocycles. The summed E-state index contributed by atoms with van der Waals surface area (Å²) in [5, 5.41) is 34.7. The van der Waals surface area contributed by atoms with E-state index in [4.69, 9.17) is 0 Å². The van der Waals surface area contributed by atoms with Crippen LogP contribution in [-0.2, 0) is 0 Å². The van der Waals surface area contributed by atoms with Crippen molar-refractivity contribution in [2.45, 2.75) is 13.8 Å². The maximum atomic E-state index is 12.2. The first-order chi connectivity index (χ1) is 14.3. The molecular weight excluding hydrogens is 388 g/mol. The Hall–Kier alpha value is -4.52. The third-order valence-corrected chi connectivity index (χ3v) is 4.41. The molecule has 0 atom stereocenters. The summed E-state index contributed by atoms with van der Waals surface area (Å²) in [5.41, 5.74) is 3.08. The summed E-state index contributed by atoms with van der Waals surface area (Å²) >= 11 is 0. The van der Waals surface area contributed by atoms with Gasteiger partial charge in [-0.2, -0.15) is 10.4 Å². The van der Waals surface area contributed by atoms with Crippen LogP contribution in [0.25, 0.3) is 11.3 Å². The van der Waals surface area contributed by atoms with E-state index >= 15 is 0 Å². The quantitative estimate of drug-likeness (QED) is 0.335. The van der Waals surface area contributed by atoms with Crippen LogP contribution >= 0.6 is 0 Å². The Bertz CT molecular complexity index is 1260. The van der Waals surface area contributed by atoms with Gasteiger partial charge in [0.2, 0.25) is 5.95 Å². The molecular formula is C20H16N6O4. The summed E-state index contributed by atoms with van der Waals surface area (Å²) in [7, 11) is 0. The van der Waals surface area contributed by atoms with E-state index in [1.165, 1.54) is 19.2 Å². The van der Waals surface area contributed by atoms with Crippen LogP contribution in [0.15, 0.2) is 46.3 Å². The van der Waals surface area contributed by atoms with Crippen LogP contribution in [0.1, 0.15) is 22.3 Å². The number of aromatic hydroxyl groups is 1. The average molecular weight is 404 g/mol. The Kier molecular flexibility index (Phi) is 5.55. The van der Waals surface area contributed by atoms with E-state index in [0.29, 0.717) is 11.1 Å². The predicted molar refractivity (Wildman–Crippen MR) is 110 cm³/mol. The van der Waals surface area contributed by atoms with E-state index in [-0.39, 0.29) is 39.8 Å². The lowest BCUT2D eigenvalue weighted by Gasteiger charge is -2.08. The fourth-order valence-corrected chi connectivity index (χ4v) is 2.85. The molecule has 0 saturated carbocycles. The summed E-state index contributed by atoms with van der Waals surface area (Å²) in [6, 6.07) is 11.8. The molecule has 3 rings (SSSR count). The van der Waals surface area contributed by atoms with Gasteiger partial charge in [0.25, 0.3) is 11.2 Å². The molecule has 0 unspecified atom stereocenters. The Morgan fingerprint density at radius 2 is 2.03 bits per heavy atom. The molecule has 10 heteroatoms. The van der Waals surface area contributed by atoms with Gasteiger partial charge in [0.15, 0.2) is 0 Å². The lowest BCUT2D eigenvalue weighted by Crippen LogP contribution is -2.16. The van der Waals surface area contributed by atoms with Crippen LogP contribution < -0.4 is 11.0 Å². The maximum Gasteiger partial charge on any atom is 0.273 e. The highest BCUT2D eigenvalue weighted by Crippen LogP contribution is 2.31. The number of phenolic OH excluding ortho intramolecular Hbond substituents is 1. The van der Waals surface area contributed by atoms with Gasteiger partial charge in [0.05, 0.1) is 16.8 Å². The molecule has 3 aromatic rings. The Balaban J connectivity index is 1.99. The van der Waals surface area contributed by atoms with E-state index in [2.05, 4.69) is 20.5 Å². The summed E-state index contributed by atoms with van der Waals surface area (Å²) in [6.07, 6.45) is 1.20. The smallest absolute Gasteiger partial charge is 0.273 e. The first kappa shape index (κ1) is 20.2. The first-order valence-corrected chi connectivity index (χ1v) is 8.70. The molecule has 0 aliphatic carbocycles. The number of aromatic nitrogens is 2. The van der Waals surface area contributed by atoms with Gasteiger partial charge in [0, 0.05) is 22.8 Å². The van der Waals surface area contributed by atoms with E-state index in [0.717, 1.165) is 0 Å². The first-order valence-electron chi connectivity index (χ1n) is 8.70. The number of phenols is 1. The van der Waals surface area contributed by atoms with Crippen molar-refractivity contribution in [3.8, 4) is 23.1 Å². The monoisotopic (exact) mass is 404 g/mol. The third-order valence-electron chi connectivity index (χ3n) is 4.41. The van der Waals surface area contributed by atoms with Crippen LogP contribution in [0.4, 0.5) is 11.6 Å². The molecule has 0 fully saturated rings. The number of anilines is 1. The van der Waals surface area contributed by atoms with Crippen LogP contribution in [-0.4, -0.2) is 26.2 Å². The van der Waals surface area contributed by atoms with Crippen molar-refractivity contribution in [3.63, 3.8) is 0 Å². The van der Waals surface area contributed by atoms with E-state index < -0.39 is 10.5 Å². The summed E-state index contributed by atoms with van der Waals surface area (Å²) in [6.45, 7) is 3.03. The second kappa shape index (κ2) is 8.24. The van der Waals surface area contributed by atoms with E-state index in [9.17, 15) is 25.3 Å². The molecule has 0 aliphatic rings. The maximum absolute atomic E-state index is 12.2. The normalized spacial score (nSPS) is 10.7. The molecule has 2 aromatic carbocycles. The van der Waals surface area contributed by atoms with Gasteiger partial charge in [-0.3, -0.25) is 19.9 Å². The second-order valence-electron chi connectivity index (χ2n) is 6.34. The molecule has 30 heavy (non-hydrogen) atoms. The minimum atomic E-state index is -0.644. The number of hydrogen-bond acceptors (Lipinski definition) is 8. The Morgan fingerprint density at radius 1 is 1.33 bits per heavy atom. The molecule has 0 aliphatic heterocycles. The van der Waals surface area contributed by atoms with Crippen LogP contribution in [0.3, 0.4) is 0 Å². The molecule has 3 N–H and O–H groups in total. The minimum Gasteiger partial charge on any atom is -0.507 e. The van der Waals surface area contributed by atoms with E-state index in [1.54, 1.807) is 37.3 Å². The number of H-pyrrole nitrogens is 1. The van der Waals surface area contributed by atoms with Gasteiger partial charge in [-0.1, -0.05) is 30.3 Å². The van der Waals surface area contributed by atoms with Crippen LogP contribution in [0, 0.1) is 35.3 Å². The van der Waals surface area contributed by atoms with Crippen molar-refractivity contribution < 1.29 is 10.0 Å². The topological polar surface area (TPSA) is 157 Å². The number of nitro groups is 1. The summed E-state index contributed by atoms with van der Waals surface area (Å²) in [4.78, 5) is 29.5. The third kappa shape index (κ3) is 3.85. The predicted octanol–water partition coefficient (Wildman–Crippen LogP) is 2.99. The second-order valence-corrected chi connectivity index (χ2v) is 6.34. The zero-order valence-electron chi connectivity index (χ0n) is 16.0. The number of aromatic amines is 1. The lowest BCUT2D eigenvalue weighted by atomic mass is 10.0. The zero-order valence-corrected chi connectivity index (χ0v) is 16.0. The van der Waals surface area contributed by atoms with Crippen molar-refractivity contribution in [1.82, 2.24) is 9.97 Å². The summed E-state index contributed by atoms with van der Waals surface area (Å²) < 4.78 is 0. The SMILES string of the molecule is Cc1cc([N+](=O)[O-])c(C)c(C=NNc2nc(-c3ccccc3)c(C#N)c(=O)[nH]2)c1O. The number of hydrogen-bond donors (Lipinski definition) is 3. The Morgan fingerprint density at radius 3 is 2.67 bits per heavy atom. The molecule has 0 saturated heterocycles. The molecule has 150 valence electrons. The standard InChI is InChI=1S/C20H16N6O4/c1-11-8-16(26(29)30)12(2)15(18(11)27)10-22-25-20-23-17(13-6-4-3-5-7-13)14(9-21)19(28)24-20/h3-8,10,27H,1-2H3,(H2,23,24,25,28). The number of aryl methyl sites for hydroxylation is 1. The molecule has 0 radical (unpaired) electrons.